The second-order valence-corrected chi connectivity index (χ2v) is 5.69. The lowest BCUT2D eigenvalue weighted by Gasteiger charge is -2.16. The van der Waals surface area contributed by atoms with Gasteiger partial charge in [0.15, 0.2) is 0 Å². The third-order valence-corrected chi connectivity index (χ3v) is 3.93. The Morgan fingerprint density at radius 3 is 2.40 bits per heavy atom. The maximum absolute atomic E-state index is 11.9. The molecule has 0 aromatic heterocycles. The molecule has 4 nitrogen and oxygen atoms in total. The number of benzene rings is 1. The smallest absolute Gasteiger partial charge is 0.228 e. The van der Waals surface area contributed by atoms with E-state index >= 15 is 0 Å². The number of amides is 1. The molecule has 1 aromatic carbocycles. The van der Waals surface area contributed by atoms with Gasteiger partial charge in [-0.2, -0.15) is 0 Å². The van der Waals surface area contributed by atoms with Crippen LogP contribution in [-0.2, 0) is 4.79 Å². The van der Waals surface area contributed by atoms with Gasteiger partial charge in [0.25, 0.3) is 0 Å². The van der Waals surface area contributed by atoms with Crippen LogP contribution in [0.3, 0.4) is 0 Å². The van der Waals surface area contributed by atoms with E-state index in [2.05, 4.69) is 5.32 Å². The molecule has 0 heterocycles. The highest BCUT2D eigenvalue weighted by atomic mass is 16.5. The summed E-state index contributed by atoms with van der Waals surface area (Å²) < 4.78 is 5.89. The van der Waals surface area contributed by atoms with Gasteiger partial charge in [-0.1, -0.05) is 6.92 Å². The lowest BCUT2D eigenvalue weighted by Crippen LogP contribution is -2.34. The third-order valence-electron chi connectivity index (χ3n) is 3.93. The first kappa shape index (κ1) is 14.9. The first-order valence-corrected chi connectivity index (χ1v) is 7.39. The van der Waals surface area contributed by atoms with Gasteiger partial charge in [0.2, 0.25) is 5.91 Å². The molecule has 20 heavy (non-hydrogen) atoms. The number of ether oxygens (including phenoxy) is 1. The van der Waals surface area contributed by atoms with Crippen molar-refractivity contribution < 1.29 is 9.53 Å². The average molecular weight is 276 g/mol. The van der Waals surface area contributed by atoms with Gasteiger partial charge >= 0.3 is 0 Å². The minimum absolute atomic E-state index is 0.0514. The molecule has 3 N–H and O–H groups in total. The van der Waals surface area contributed by atoms with E-state index in [0.717, 1.165) is 24.3 Å². The van der Waals surface area contributed by atoms with Crippen molar-refractivity contribution in [3.8, 4) is 5.75 Å². The number of anilines is 1. The van der Waals surface area contributed by atoms with Gasteiger partial charge < -0.3 is 15.8 Å². The number of rotatable bonds is 5. The molecule has 1 aromatic rings. The van der Waals surface area contributed by atoms with Gasteiger partial charge in [0.1, 0.15) is 5.75 Å². The molecule has 2 unspecified atom stereocenters. The molecule has 2 atom stereocenters. The predicted octanol–water partition coefficient (Wildman–Crippen LogP) is 2.93. The van der Waals surface area contributed by atoms with Crippen LogP contribution in [-0.4, -0.2) is 18.1 Å². The summed E-state index contributed by atoms with van der Waals surface area (Å²) in [5.41, 5.74) is 6.50. The van der Waals surface area contributed by atoms with Gasteiger partial charge in [0, 0.05) is 11.7 Å². The number of nitrogens with one attached hydrogen (secondary N) is 1. The maximum Gasteiger partial charge on any atom is 0.228 e. The van der Waals surface area contributed by atoms with Gasteiger partial charge in [-0.25, -0.2) is 0 Å². The zero-order valence-electron chi connectivity index (χ0n) is 12.3. The van der Waals surface area contributed by atoms with E-state index in [1.165, 1.54) is 12.8 Å². The van der Waals surface area contributed by atoms with Crippen LogP contribution < -0.4 is 15.8 Å². The zero-order chi connectivity index (χ0) is 14.5. The van der Waals surface area contributed by atoms with Crippen molar-refractivity contribution in [2.24, 2.45) is 11.7 Å². The Hall–Kier alpha value is -1.55. The highest BCUT2D eigenvalue weighted by Crippen LogP contribution is 2.25. The molecular weight excluding hydrogens is 252 g/mol. The van der Waals surface area contributed by atoms with Crippen molar-refractivity contribution in [2.45, 2.75) is 51.7 Å². The lowest BCUT2D eigenvalue weighted by molar-refractivity contribution is -0.119. The molecule has 0 radical (unpaired) electrons. The minimum Gasteiger partial charge on any atom is -0.490 e. The van der Waals surface area contributed by atoms with Crippen molar-refractivity contribution in [2.75, 3.05) is 5.32 Å². The van der Waals surface area contributed by atoms with Crippen LogP contribution in [0.1, 0.15) is 39.5 Å². The van der Waals surface area contributed by atoms with Gasteiger partial charge in [0.05, 0.1) is 12.0 Å². The molecule has 110 valence electrons. The topological polar surface area (TPSA) is 64.4 Å². The van der Waals surface area contributed by atoms with E-state index in [-0.39, 0.29) is 17.9 Å². The van der Waals surface area contributed by atoms with Crippen molar-refractivity contribution in [1.29, 1.82) is 0 Å². The molecule has 0 spiro atoms. The molecule has 0 saturated heterocycles. The fourth-order valence-corrected chi connectivity index (χ4v) is 2.31. The monoisotopic (exact) mass is 276 g/mol. The quantitative estimate of drug-likeness (QED) is 0.869. The fraction of sp³-hybridized carbons (Fsp3) is 0.562. The second-order valence-electron chi connectivity index (χ2n) is 5.69. The van der Waals surface area contributed by atoms with Gasteiger partial charge in [-0.3, -0.25) is 4.79 Å². The normalized spacial score (nSPS) is 18.6. The summed E-state index contributed by atoms with van der Waals surface area (Å²) in [5.74, 6) is 0.615. The Labute approximate surface area is 120 Å². The summed E-state index contributed by atoms with van der Waals surface area (Å²) in [7, 11) is 0. The van der Waals surface area contributed by atoms with Crippen LogP contribution >= 0.6 is 0 Å². The molecule has 1 aliphatic rings. The standard InChI is InChI=1S/C16H24N2O2/c1-11(12(2)17)16(19)18-13-7-9-15(10-8-13)20-14-5-3-4-6-14/h7-12,14H,3-6,17H2,1-2H3,(H,18,19). The zero-order valence-corrected chi connectivity index (χ0v) is 12.3. The van der Waals surface area contributed by atoms with E-state index in [0.29, 0.717) is 6.10 Å². The van der Waals surface area contributed by atoms with Crippen molar-refractivity contribution >= 4 is 11.6 Å². The summed E-state index contributed by atoms with van der Waals surface area (Å²) in [4.78, 5) is 11.9. The van der Waals surface area contributed by atoms with Crippen LogP contribution in [0.4, 0.5) is 5.69 Å². The van der Waals surface area contributed by atoms with Crippen LogP contribution in [0.2, 0.25) is 0 Å². The Morgan fingerprint density at radius 1 is 1.25 bits per heavy atom. The molecule has 1 saturated carbocycles. The van der Waals surface area contributed by atoms with Crippen LogP contribution in [0.15, 0.2) is 24.3 Å². The molecule has 0 aliphatic heterocycles. The van der Waals surface area contributed by atoms with Crippen LogP contribution in [0.25, 0.3) is 0 Å². The van der Waals surface area contributed by atoms with Crippen LogP contribution in [0.5, 0.6) is 5.75 Å². The average Bonchev–Trinajstić information content (AvgIpc) is 2.92. The van der Waals surface area contributed by atoms with Gasteiger partial charge in [-0.15, -0.1) is 0 Å². The number of hydrogen-bond acceptors (Lipinski definition) is 3. The highest BCUT2D eigenvalue weighted by molar-refractivity contribution is 5.92. The van der Waals surface area contributed by atoms with Gasteiger partial charge in [-0.05, 0) is 56.9 Å². The fourth-order valence-electron chi connectivity index (χ4n) is 2.31. The Balaban J connectivity index is 1.89. The summed E-state index contributed by atoms with van der Waals surface area (Å²) >= 11 is 0. The van der Waals surface area contributed by atoms with Crippen molar-refractivity contribution in [3.05, 3.63) is 24.3 Å². The Morgan fingerprint density at radius 2 is 1.85 bits per heavy atom. The molecule has 0 bridgehead atoms. The molecule has 1 fully saturated rings. The molecular formula is C16H24N2O2. The van der Waals surface area contributed by atoms with E-state index in [1.807, 2.05) is 38.1 Å². The molecule has 4 heteroatoms. The van der Waals surface area contributed by atoms with E-state index in [4.69, 9.17) is 10.5 Å². The molecule has 2 rings (SSSR count). The summed E-state index contributed by atoms with van der Waals surface area (Å²) in [6.07, 6.45) is 5.16. The largest absolute Gasteiger partial charge is 0.490 e. The first-order valence-electron chi connectivity index (χ1n) is 7.39. The SMILES string of the molecule is CC(N)C(C)C(=O)Nc1ccc(OC2CCCC2)cc1. The number of carbonyl (C=O) groups excluding carboxylic acids is 1. The van der Waals surface area contributed by atoms with E-state index < -0.39 is 0 Å². The number of carbonyl (C=O) groups is 1. The lowest BCUT2D eigenvalue weighted by atomic mass is 10.0. The number of nitrogens with two attached hydrogens (primary N) is 1. The Kier molecular flexibility index (Phi) is 5.01. The van der Waals surface area contributed by atoms with Crippen molar-refractivity contribution in [3.63, 3.8) is 0 Å². The third kappa shape index (κ3) is 3.97. The summed E-state index contributed by atoms with van der Waals surface area (Å²) in [6, 6.07) is 7.40. The Bertz CT molecular complexity index is 436. The summed E-state index contributed by atoms with van der Waals surface area (Å²) in [6.45, 7) is 3.67. The minimum atomic E-state index is -0.204. The number of hydrogen-bond donors (Lipinski definition) is 2. The second kappa shape index (κ2) is 6.75. The molecule has 1 amide bonds. The summed E-state index contributed by atoms with van der Waals surface area (Å²) in [5, 5.41) is 2.87. The highest BCUT2D eigenvalue weighted by Gasteiger charge is 2.18. The maximum atomic E-state index is 11.9. The van der Waals surface area contributed by atoms with Crippen LogP contribution in [0, 0.1) is 5.92 Å². The predicted molar refractivity (Wildman–Crippen MR) is 80.8 cm³/mol. The van der Waals surface area contributed by atoms with Crippen molar-refractivity contribution in [1.82, 2.24) is 0 Å². The first-order chi connectivity index (χ1) is 9.56. The molecule has 1 aliphatic carbocycles. The van der Waals surface area contributed by atoms with E-state index in [1.54, 1.807) is 0 Å². The van der Waals surface area contributed by atoms with E-state index in [9.17, 15) is 4.79 Å².